The molecule has 174 valence electrons. The van der Waals surface area contributed by atoms with Crippen LogP contribution in [0.3, 0.4) is 0 Å². The van der Waals surface area contributed by atoms with Gasteiger partial charge >= 0.3 is 0 Å². The SMILES string of the molecule is Cc1ccc2[nH]nc(NCC(=O)NC3CN(C4CCC(O)(c5ccc(C)nc5)CC4)C3)c2c1. The zero-order chi connectivity index (χ0) is 23.0. The number of H-pyrrole nitrogens is 1. The molecule has 8 heteroatoms. The highest BCUT2D eigenvalue weighted by atomic mass is 16.3. The molecule has 4 N–H and O–H groups in total. The van der Waals surface area contributed by atoms with Gasteiger partial charge in [-0.25, -0.2) is 0 Å². The van der Waals surface area contributed by atoms with E-state index in [2.05, 4.69) is 36.8 Å². The topological polar surface area (TPSA) is 106 Å². The summed E-state index contributed by atoms with van der Waals surface area (Å²) in [5.41, 5.74) is 3.23. The molecule has 1 aliphatic heterocycles. The number of carbonyl (C=O) groups excluding carboxylic acids is 1. The molecular formula is C25H32N6O2. The van der Waals surface area contributed by atoms with Gasteiger partial charge in [0.25, 0.3) is 0 Å². The maximum Gasteiger partial charge on any atom is 0.239 e. The van der Waals surface area contributed by atoms with Gasteiger partial charge in [0, 0.05) is 42.0 Å². The van der Waals surface area contributed by atoms with Crippen molar-refractivity contribution in [3.8, 4) is 0 Å². The molecule has 3 heterocycles. The summed E-state index contributed by atoms with van der Waals surface area (Å²) in [6, 6.07) is 10.7. The van der Waals surface area contributed by atoms with Crippen LogP contribution in [-0.4, -0.2) is 62.8 Å². The summed E-state index contributed by atoms with van der Waals surface area (Å²) < 4.78 is 0. The van der Waals surface area contributed by atoms with Crippen LogP contribution < -0.4 is 10.6 Å². The number of nitrogens with one attached hydrogen (secondary N) is 3. The summed E-state index contributed by atoms with van der Waals surface area (Å²) in [5.74, 6) is 0.686. The molecular weight excluding hydrogens is 416 g/mol. The molecule has 2 aliphatic rings. The number of rotatable bonds is 6. The number of aliphatic hydroxyl groups is 1. The summed E-state index contributed by atoms with van der Waals surface area (Å²) >= 11 is 0. The van der Waals surface area contributed by atoms with Crippen molar-refractivity contribution in [1.29, 1.82) is 0 Å². The van der Waals surface area contributed by atoms with Gasteiger partial charge in [0.1, 0.15) is 0 Å². The molecule has 1 saturated heterocycles. The van der Waals surface area contributed by atoms with Gasteiger partial charge in [-0.1, -0.05) is 17.7 Å². The molecule has 2 fully saturated rings. The molecule has 1 aromatic carbocycles. The summed E-state index contributed by atoms with van der Waals surface area (Å²) in [7, 11) is 0. The van der Waals surface area contributed by atoms with E-state index in [1.54, 1.807) is 0 Å². The lowest BCUT2D eigenvalue weighted by Crippen LogP contribution is -2.63. The smallest absolute Gasteiger partial charge is 0.239 e. The molecule has 1 saturated carbocycles. The maximum absolute atomic E-state index is 12.4. The number of fused-ring (bicyclic) bond motifs is 1. The van der Waals surface area contributed by atoms with Crippen LogP contribution in [0.2, 0.25) is 0 Å². The molecule has 1 amide bonds. The molecule has 3 aromatic rings. The third kappa shape index (κ3) is 4.58. The third-order valence-electron chi connectivity index (χ3n) is 7.16. The first-order valence-electron chi connectivity index (χ1n) is 11.8. The predicted molar refractivity (Wildman–Crippen MR) is 128 cm³/mol. The Hall–Kier alpha value is -2.97. The Morgan fingerprint density at radius 2 is 2.00 bits per heavy atom. The number of nitrogens with zero attached hydrogens (tertiary/aromatic N) is 3. The van der Waals surface area contributed by atoms with E-state index in [0.717, 1.165) is 66.5 Å². The van der Waals surface area contributed by atoms with Crippen LogP contribution in [0.15, 0.2) is 36.5 Å². The number of aromatic nitrogens is 3. The lowest BCUT2D eigenvalue weighted by molar-refractivity contribution is -0.121. The molecule has 5 rings (SSSR count). The first-order valence-corrected chi connectivity index (χ1v) is 11.8. The Bertz CT molecular complexity index is 1130. The minimum Gasteiger partial charge on any atom is -0.385 e. The molecule has 2 aromatic heterocycles. The zero-order valence-electron chi connectivity index (χ0n) is 19.3. The average molecular weight is 449 g/mol. The van der Waals surface area contributed by atoms with Crippen LogP contribution >= 0.6 is 0 Å². The number of hydrogen-bond acceptors (Lipinski definition) is 6. The minimum atomic E-state index is -0.768. The van der Waals surface area contributed by atoms with Crippen molar-refractivity contribution < 1.29 is 9.90 Å². The molecule has 1 aliphatic carbocycles. The summed E-state index contributed by atoms with van der Waals surface area (Å²) in [4.78, 5) is 19.2. The molecule has 0 radical (unpaired) electrons. The van der Waals surface area contributed by atoms with E-state index >= 15 is 0 Å². The second-order valence-corrected chi connectivity index (χ2v) is 9.64. The Morgan fingerprint density at radius 1 is 1.21 bits per heavy atom. The number of likely N-dealkylation sites (tertiary alicyclic amines) is 1. The van der Waals surface area contributed by atoms with E-state index in [9.17, 15) is 9.90 Å². The summed E-state index contributed by atoms with van der Waals surface area (Å²) in [6.45, 7) is 5.93. The molecule has 0 atom stereocenters. The fraction of sp³-hybridized carbons (Fsp3) is 0.480. The van der Waals surface area contributed by atoms with Gasteiger partial charge in [0.2, 0.25) is 5.91 Å². The van der Waals surface area contributed by atoms with E-state index in [1.807, 2.05) is 44.3 Å². The largest absolute Gasteiger partial charge is 0.385 e. The van der Waals surface area contributed by atoms with Crippen molar-refractivity contribution >= 4 is 22.6 Å². The molecule has 0 bridgehead atoms. The van der Waals surface area contributed by atoms with Crippen molar-refractivity contribution in [3.63, 3.8) is 0 Å². The minimum absolute atomic E-state index is 0.0201. The number of carbonyl (C=O) groups is 1. The zero-order valence-corrected chi connectivity index (χ0v) is 19.3. The first kappa shape index (κ1) is 21.9. The van der Waals surface area contributed by atoms with Crippen LogP contribution in [0.5, 0.6) is 0 Å². The van der Waals surface area contributed by atoms with Crippen LogP contribution in [0.1, 0.15) is 42.5 Å². The average Bonchev–Trinajstić information content (AvgIpc) is 3.18. The number of aromatic amines is 1. The molecule has 0 unspecified atom stereocenters. The quantitative estimate of drug-likeness (QED) is 0.462. The number of benzene rings is 1. The molecule has 0 spiro atoms. The predicted octanol–water partition coefficient (Wildman–Crippen LogP) is 2.62. The van der Waals surface area contributed by atoms with Gasteiger partial charge in [-0.15, -0.1) is 0 Å². The number of pyridine rings is 1. The van der Waals surface area contributed by atoms with Crippen molar-refractivity contribution in [2.45, 2.75) is 57.2 Å². The number of aryl methyl sites for hydroxylation is 2. The fourth-order valence-electron chi connectivity index (χ4n) is 5.08. The van der Waals surface area contributed by atoms with Crippen LogP contribution in [0.4, 0.5) is 5.82 Å². The van der Waals surface area contributed by atoms with Gasteiger partial charge in [-0.2, -0.15) is 5.10 Å². The first-order chi connectivity index (χ1) is 15.9. The monoisotopic (exact) mass is 448 g/mol. The van der Waals surface area contributed by atoms with E-state index in [0.29, 0.717) is 11.9 Å². The van der Waals surface area contributed by atoms with Gasteiger partial charge in [-0.3, -0.25) is 19.8 Å². The van der Waals surface area contributed by atoms with Crippen LogP contribution in [0, 0.1) is 13.8 Å². The van der Waals surface area contributed by atoms with E-state index in [4.69, 9.17) is 0 Å². The van der Waals surface area contributed by atoms with Crippen LogP contribution in [-0.2, 0) is 10.4 Å². The van der Waals surface area contributed by atoms with Crippen molar-refractivity contribution in [2.75, 3.05) is 25.0 Å². The van der Waals surface area contributed by atoms with Gasteiger partial charge < -0.3 is 15.7 Å². The fourth-order valence-corrected chi connectivity index (χ4v) is 5.08. The highest BCUT2D eigenvalue weighted by Crippen LogP contribution is 2.39. The lowest BCUT2D eigenvalue weighted by Gasteiger charge is -2.48. The van der Waals surface area contributed by atoms with Gasteiger partial charge in [0.15, 0.2) is 5.82 Å². The van der Waals surface area contributed by atoms with Crippen molar-refractivity contribution in [3.05, 3.63) is 53.3 Å². The Morgan fingerprint density at radius 3 is 2.73 bits per heavy atom. The lowest BCUT2D eigenvalue weighted by atomic mass is 9.77. The highest BCUT2D eigenvalue weighted by Gasteiger charge is 2.40. The Balaban J connectivity index is 1.06. The van der Waals surface area contributed by atoms with Gasteiger partial charge in [0.05, 0.1) is 23.7 Å². The van der Waals surface area contributed by atoms with Gasteiger partial charge in [-0.05, 0) is 57.7 Å². The summed E-state index contributed by atoms with van der Waals surface area (Å²) in [5, 5.41) is 25.6. The third-order valence-corrected chi connectivity index (χ3v) is 7.16. The molecule has 8 nitrogen and oxygen atoms in total. The standard InChI is InChI=1S/C25H32N6O2/c1-16-3-6-22-21(11-16)24(30-29-22)27-13-23(32)28-19-14-31(15-19)20-7-9-25(33,10-8-20)18-5-4-17(2)26-12-18/h3-6,11-12,19-20,33H,7-10,13-15H2,1-2H3,(H,28,32)(H2,27,29,30). The Kier molecular flexibility index (Phi) is 5.80. The number of anilines is 1. The second kappa shape index (κ2) is 8.76. The van der Waals surface area contributed by atoms with E-state index < -0.39 is 5.60 Å². The van der Waals surface area contributed by atoms with Crippen molar-refractivity contribution in [2.24, 2.45) is 0 Å². The maximum atomic E-state index is 12.4. The number of amides is 1. The molecule has 33 heavy (non-hydrogen) atoms. The van der Waals surface area contributed by atoms with Crippen LogP contribution in [0.25, 0.3) is 10.9 Å². The van der Waals surface area contributed by atoms with E-state index in [1.165, 1.54) is 0 Å². The number of hydrogen-bond donors (Lipinski definition) is 4. The summed E-state index contributed by atoms with van der Waals surface area (Å²) in [6.07, 6.45) is 5.22. The normalized spacial score (nSPS) is 23.9. The highest BCUT2D eigenvalue weighted by molar-refractivity contribution is 5.92. The van der Waals surface area contributed by atoms with E-state index in [-0.39, 0.29) is 18.5 Å². The Labute approximate surface area is 193 Å². The van der Waals surface area contributed by atoms with Crippen molar-refractivity contribution in [1.82, 2.24) is 25.4 Å². The second-order valence-electron chi connectivity index (χ2n) is 9.64.